The van der Waals surface area contributed by atoms with Crippen molar-refractivity contribution in [3.05, 3.63) is 22.8 Å². The van der Waals surface area contributed by atoms with Crippen LogP contribution in [0.25, 0.3) is 0 Å². The summed E-state index contributed by atoms with van der Waals surface area (Å²) in [5, 5.41) is 4.43. The Hall–Kier alpha value is -0.100. The third-order valence-corrected chi connectivity index (χ3v) is 3.57. The molecule has 0 saturated carbocycles. The maximum absolute atomic E-state index is 5.16. The smallest absolute Gasteiger partial charge is 0.0961 e. The summed E-state index contributed by atoms with van der Waals surface area (Å²) in [6.07, 6.45) is 1.82. The van der Waals surface area contributed by atoms with Gasteiger partial charge in [-0.15, -0.1) is 11.8 Å². The molecule has 0 aliphatic carbocycles. The third-order valence-electron chi connectivity index (χ3n) is 1.99. The van der Waals surface area contributed by atoms with Crippen LogP contribution in [0.5, 0.6) is 0 Å². The van der Waals surface area contributed by atoms with Gasteiger partial charge >= 0.3 is 0 Å². The first-order chi connectivity index (χ1) is 7.76. The highest BCUT2D eigenvalue weighted by Gasteiger charge is 2.07. The van der Waals surface area contributed by atoms with Crippen molar-refractivity contribution in [3.63, 3.8) is 0 Å². The number of pyridine rings is 1. The first kappa shape index (κ1) is 14.0. The lowest BCUT2D eigenvalue weighted by molar-refractivity contribution is 0.174. The molecule has 0 aromatic carbocycles. The molecule has 3 nitrogen and oxygen atoms in total. The zero-order valence-electron chi connectivity index (χ0n) is 9.57. The van der Waals surface area contributed by atoms with Crippen molar-refractivity contribution in [2.24, 2.45) is 0 Å². The quantitative estimate of drug-likeness (QED) is 0.785. The summed E-state index contributed by atoms with van der Waals surface area (Å²) in [6, 6.07) is 4.41. The van der Waals surface area contributed by atoms with Crippen molar-refractivity contribution in [1.82, 2.24) is 10.3 Å². The minimum absolute atomic E-state index is 0.380. The number of halogens is 1. The molecule has 0 aliphatic rings. The zero-order valence-corrected chi connectivity index (χ0v) is 12.0. The molecule has 1 unspecified atom stereocenters. The molecule has 0 spiro atoms. The van der Waals surface area contributed by atoms with Crippen molar-refractivity contribution in [1.29, 1.82) is 0 Å². The van der Waals surface area contributed by atoms with Crippen LogP contribution in [0.4, 0.5) is 0 Å². The van der Waals surface area contributed by atoms with E-state index in [0.717, 1.165) is 28.4 Å². The zero-order chi connectivity index (χ0) is 11.8. The molecule has 0 saturated heterocycles. The van der Waals surface area contributed by atoms with Crippen LogP contribution in [-0.4, -0.2) is 37.0 Å². The van der Waals surface area contributed by atoms with Crippen molar-refractivity contribution >= 4 is 27.7 Å². The number of nitrogens with one attached hydrogen (secondary N) is 1. The Balaban J connectivity index is 2.38. The summed E-state index contributed by atoms with van der Waals surface area (Å²) in [6.45, 7) is 3.80. The fourth-order valence-electron chi connectivity index (χ4n) is 1.29. The maximum atomic E-state index is 5.16. The molecule has 1 rings (SSSR count). The monoisotopic (exact) mass is 304 g/mol. The average molecular weight is 305 g/mol. The summed E-state index contributed by atoms with van der Waals surface area (Å²) in [4.78, 5) is 4.32. The molecule has 0 amide bonds. The number of thioether (sulfide) groups is 1. The van der Waals surface area contributed by atoms with Crippen LogP contribution in [0.1, 0.15) is 6.92 Å². The lowest BCUT2D eigenvalue weighted by Gasteiger charge is -2.15. The third kappa shape index (κ3) is 5.30. The summed E-state index contributed by atoms with van der Waals surface area (Å²) in [7, 11) is 1.73. The minimum Gasteiger partial charge on any atom is -0.383 e. The number of nitrogens with zero attached hydrogens (tertiary/aromatic N) is 1. The highest BCUT2D eigenvalue weighted by molar-refractivity contribution is 9.10. The summed E-state index contributed by atoms with van der Waals surface area (Å²) in [5.41, 5.74) is 0. The van der Waals surface area contributed by atoms with Gasteiger partial charge in [-0.3, -0.25) is 0 Å². The molecule has 0 radical (unpaired) electrons. The number of likely N-dealkylation sites (N-methyl/N-ethyl adjacent to an activating group) is 1. The van der Waals surface area contributed by atoms with Crippen LogP contribution in [0.3, 0.4) is 0 Å². The van der Waals surface area contributed by atoms with E-state index in [-0.39, 0.29) is 0 Å². The number of rotatable bonds is 7. The van der Waals surface area contributed by atoms with Crippen LogP contribution in [0, 0.1) is 0 Å². The summed E-state index contributed by atoms with van der Waals surface area (Å²) in [5.74, 6) is 0.969. The van der Waals surface area contributed by atoms with E-state index >= 15 is 0 Å². The molecular weight excluding hydrogens is 288 g/mol. The molecule has 1 aromatic heterocycles. The average Bonchev–Trinajstić information content (AvgIpc) is 2.29. The van der Waals surface area contributed by atoms with Gasteiger partial charge in [0.25, 0.3) is 0 Å². The Kier molecular flexibility index (Phi) is 7.03. The lowest BCUT2D eigenvalue weighted by Crippen LogP contribution is -2.35. The van der Waals surface area contributed by atoms with Gasteiger partial charge in [-0.2, -0.15) is 0 Å². The number of hydrogen-bond donors (Lipinski definition) is 1. The van der Waals surface area contributed by atoms with Crippen LogP contribution in [-0.2, 0) is 4.74 Å². The van der Waals surface area contributed by atoms with Gasteiger partial charge in [-0.25, -0.2) is 4.98 Å². The van der Waals surface area contributed by atoms with Crippen LogP contribution < -0.4 is 5.32 Å². The number of aromatic nitrogens is 1. The van der Waals surface area contributed by atoms with Gasteiger partial charge in [0.05, 0.1) is 11.6 Å². The molecule has 1 aromatic rings. The molecule has 1 N–H and O–H groups in total. The van der Waals surface area contributed by atoms with E-state index in [2.05, 4.69) is 33.2 Å². The van der Waals surface area contributed by atoms with Crippen molar-refractivity contribution < 1.29 is 4.74 Å². The number of hydrogen-bond acceptors (Lipinski definition) is 4. The second-order valence-electron chi connectivity index (χ2n) is 3.34. The van der Waals surface area contributed by atoms with Crippen molar-refractivity contribution in [3.8, 4) is 0 Å². The fourth-order valence-corrected chi connectivity index (χ4v) is 2.40. The standard InChI is InChI=1S/C11H17BrN2OS/c1-3-13-10(7-15-2)8-16-11-5-4-9(12)6-14-11/h4-6,10,13H,3,7-8H2,1-2H3. The topological polar surface area (TPSA) is 34.1 Å². The number of methoxy groups -OCH3 is 1. The molecule has 90 valence electrons. The molecule has 1 heterocycles. The van der Waals surface area contributed by atoms with Gasteiger partial charge < -0.3 is 10.1 Å². The fraction of sp³-hybridized carbons (Fsp3) is 0.545. The van der Waals surface area contributed by atoms with E-state index in [0.29, 0.717) is 6.04 Å². The van der Waals surface area contributed by atoms with Crippen LogP contribution in [0.2, 0.25) is 0 Å². The molecule has 0 bridgehead atoms. The first-order valence-corrected chi connectivity index (χ1v) is 7.00. The second kappa shape index (κ2) is 8.06. The van der Waals surface area contributed by atoms with E-state index in [4.69, 9.17) is 4.74 Å². The Morgan fingerprint density at radius 1 is 1.56 bits per heavy atom. The Labute approximate surface area is 109 Å². The van der Waals surface area contributed by atoms with E-state index in [9.17, 15) is 0 Å². The molecule has 5 heteroatoms. The van der Waals surface area contributed by atoms with E-state index in [1.165, 1.54) is 0 Å². The Bertz CT molecular complexity index is 289. The largest absolute Gasteiger partial charge is 0.383 e. The van der Waals surface area contributed by atoms with Crippen LogP contribution >= 0.6 is 27.7 Å². The Morgan fingerprint density at radius 2 is 2.38 bits per heavy atom. The van der Waals surface area contributed by atoms with Gasteiger partial charge in [-0.1, -0.05) is 6.92 Å². The van der Waals surface area contributed by atoms with Gasteiger partial charge in [0.15, 0.2) is 0 Å². The maximum Gasteiger partial charge on any atom is 0.0961 e. The minimum atomic E-state index is 0.380. The summed E-state index contributed by atoms with van der Waals surface area (Å²) >= 11 is 5.11. The first-order valence-electron chi connectivity index (χ1n) is 5.23. The Morgan fingerprint density at radius 3 is 2.94 bits per heavy atom. The van der Waals surface area contributed by atoms with Gasteiger partial charge in [0.2, 0.25) is 0 Å². The van der Waals surface area contributed by atoms with E-state index in [1.54, 1.807) is 18.9 Å². The van der Waals surface area contributed by atoms with Gasteiger partial charge in [0, 0.05) is 29.6 Å². The van der Waals surface area contributed by atoms with Crippen LogP contribution in [0.15, 0.2) is 27.8 Å². The van der Waals surface area contributed by atoms with Crippen molar-refractivity contribution in [2.45, 2.75) is 18.0 Å². The molecule has 16 heavy (non-hydrogen) atoms. The van der Waals surface area contributed by atoms with E-state index in [1.807, 2.05) is 18.3 Å². The molecule has 0 fully saturated rings. The summed E-state index contributed by atoms with van der Waals surface area (Å²) < 4.78 is 6.17. The highest BCUT2D eigenvalue weighted by atomic mass is 79.9. The van der Waals surface area contributed by atoms with Gasteiger partial charge in [-0.05, 0) is 34.6 Å². The normalized spacial score (nSPS) is 12.7. The van der Waals surface area contributed by atoms with Gasteiger partial charge in [0.1, 0.15) is 0 Å². The molecule has 1 atom stereocenters. The van der Waals surface area contributed by atoms with E-state index < -0.39 is 0 Å². The SMILES string of the molecule is CCNC(COC)CSc1ccc(Br)cn1. The number of ether oxygens (including phenoxy) is 1. The highest BCUT2D eigenvalue weighted by Crippen LogP contribution is 2.18. The predicted molar refractivity (Wildman–Crippen MR) is 72.0 cm³/mol. The van der Waals surface area contributed by atoms with Crippen molar-refractivity contribution in [2.75, 3.05) is 26.0 Å². The predicted octanol–water partition coefficient (Wildman–Crippen LogP) is 2.56. The second-order valence-corrected chi connectivity index (χ2v) is 5.29. The molecular formula is C11H17BrN2OS. The molecule has 0 aliphatic heterocycles. The lowest BCUT2D eigenvalue weighted by atomic mass is 10.3.